The maximum atomic E-state index is 12.6. The zero-order chi connectivity index (χ0) is 16.5. The molecule has 2 rings (SSSR count). The quantitative estimate of drug-likeness (QED) is 0.680. The molecule has 9 heteroatoms. The van der Waals surface area contributed by atoms with Crippen LogP contribution >= 0.6 is 11.6 Å². The standard InChI is InChI=1S/C13H11ClN2O5S/c1-15(11-4-2-3-5-12(11)17)22(20,21)13-8-9(16(18)19)6-7-10(13)14/h2-8,17H,1H3. The minimum atomic E-state index is -4.16. The van der Waals surface area contributed by atoms with Crippen LogP contribution in [0.3, 0.4) is 0 Å². The number of phenolic OH excluding ortho intramolecular Hbond substituents is 1. The van der Waals surface area contributed by atoms with E-state index in [4.69, 9.17) is 11.6 Å². The van der Waals surface area contributed by atoms with Crippen LogP contribution in [0.4, 0.5) is 11.4 Å². The van der Waals surface area contributed by atoms with Gasteiger partial charge in [-0.3, -0.25) is 14.4 Å². The van der Waals surface area contributed by atoms with Crippen molar-refractivity contribution < 1.29 is 18.4 Å². The average molecular weight is 343 g/mol. The molecule has 0 saturated heterocycles. The fourth-order valence-corrected chi connectivity index (χ4v) is 3.51. The Bertz CT molecular complexity index is 838. The summed E-state index contributed by atoms with van der Waals surface area (Å²) in [6.45, 7) is 0. The predicted octanol–water partition coefficient (Wildman–Crippen LogP) is 2.78. The first-order valence-electron chi connectivity index (χ1n) is 5.96. The molecular weight excluding hydrogens is 332 g/mol. The largest absolute Gasteiger partial charge is 0.506 e. The second-order valence-corrected chi connectivity index (χ2v) is 6.68. The second kappa shape index (κ2) is 5.82. The summed E-state index contributed by atoms with van der Waals surface area (Å²) in [7, 11) is -2.94. The number of hydrogen-bond acceptors (Lipinski definition) is 5. The van der Waals surface area contributed by atoms with Gasteiger partial charge in [0.2, 0.25) is 0 Å². The molecular formula is C13H11ClN2O5S. The van der Waals surface area contributed by atoms with Crippen LogP contribution in [0.25, 0.3) is 0 Å². The molecule has 0 aliphatic heterocycles. The normalized spacial score (nSPS) is 11.2. The highest BCUT2D eigenvalue weighted by Crippen LogP contribution is 2.33. The molecule has 0 radical (unpaired) electrons. The summed E-state index contributed by atoms with van der Waals surface area (Å²) < 4.78 is 26.0. The number of hydrogen-bond donors (Lipinski definition) is 1. The highest BCUT2D eigenvalue weighted by molar-refractivity contribution is 7.93. The van der Waals surface area contributed by atoms with Crippen LogP contribution in [-0.2, 0) is 10.0 Å². The molecule has 116 valence electrons. The Morgan fingerprint density at radius 2 is 1.86 bits per heavy atom. The van der Waals surface area contributed by atoms with Crippen LogP contribution < -0.4 is 4.31 Å². The van der Waals surface area contributed by atoms with Gasteiger partial charge in [-0.15, -0.1) is 0 Å². The van der Waals surface area contributed by atoms with Crippen molar-refractivity contribution in [2.75, 3.05) is 11.4 Å². The summed E-state index contributed by atoms with van der Waals surface area (Å²) in [6.07, 6.45) is 0. The van der Waals surface area contributed by atoms with Gasteiger partial charge in [-0.1, -0.05) is 23.7 Å². The Morgan fingerprint density at radius 1 is 1.23 bits per heavy atom. The van der Waals surface area contributed by atoms with E-state index in [-0.39, 0.29) is 16.5 Å². The number of rotatable bonds is 4. The number of anilines is 1. The molecule has 0 spiro atoms. The van der Waals surface area contributed by atoms with Crippen molar-refractivity contribution in [1.82, 2.24) is 0 Å². The highest BCUT2D eigenvalue weighted by atomic mass is 35.5. The Balaban J connectivity index is 2.58. The van der Waals surface area contributed by atoms with Crippen molar-refractivity contribution >= 4 is 33.0 Å². The molecule has 22 heavy (non-hydrogen) atoms. The number of non-ortho nitro benzene ring substituents is 1. The number of para-hydroxylation sites is 2. The molecule has 0 heterocycles. The maximum absolute atomic E-state index is 12.6. The van der Waals surface area contributed by atoms with Crippen LogP contribution in [0.5, 0.6) is 5.75 Å². The van der Waals surface area contributed by atoms with Crippen molar-refractivity contribution in [2.45, 2.75) is 4.90 Å². The average Bonchev–Trinajstić information content (AvgIpc) is 2.47. The number of halogens is 1. The summed E-state index contributed by atoms with van der Waals surface area (Å²) in [5.41, 5.74) is -0.362. The monoisotopic (exact) mass is 342 g/mol. The first-order valence-corrected chi connectivity index (χ1v) is 7.78. The van der Waals surface area contributed by atoms with E-state index in [2.05, 4.69) is 0 Å². The van der Waals surface area contributed by atoms with Crippen LogP contribution in [0.2, 0.25) is 5.02 Å². The van der Waals surface area contributed by atoms with Crippen LogP contribution in [0.1, 0.15) is 0 Å². The smallest absolute Gasteiger partial charge is 0.270 e. The zero-order valence-corrected chi connectivity index (χ0v) is 12.9. The molecule has 2 aromatic carbocycles. The van der Waals surface area contributed by atoms with Gasteiger partial charge in [0.1, 0.15) is 10.6 Å². The second-order valence-electron chi connectivity index (χ2n) is 4.33. The molecule has 0 atom stereocenters. The van der Waals surface area contributed by atoms with Gasteiger partial charge in [-0.05, 0) is 18.2 Å². The first kappa shape index (κ1) is 16.1. The topological polar surface area (TPSA) is 101 Å². The molecule has 1 N–H and O–H groups in total. The Labute approximate surface area is 131 Å². The highest BCUT2D eigenvalue weighted by Gasteiger charge is 2.27. The molecule has 0 saturated carbocycles. The van der Waals surface area contributed by atoms with E-state index in [9.17, 15) is 23.6 Å². The van der Waals surface area contributed by atoms with Crippen LogP contribution in [-0.4, -0.2) is 25.5 Å². The van der Waals surface area contributed by atoms with Gasteiger partial charge >= 0.3 is 0 Å². The van der Waals surface area contributed by atoms with Gasteiger partial charge in [0.25, 0.3) is 15.7 Å². The van der Waals surface area contributed by atoms with Crippen molar-refractivity contribution in [2.24, 2.45) is 0 Å². The number of sulfonamides is 1. The van der Waals surface area contributed by atoms with Gasteiger partial charge in [0, 0.05) is 19.2 Å². The first-order chi connectivity index (χ1) is 10.2. The molecule has 0 aliphatic rings. The Morgan fingerprint density at radius 3 is 2.45 bits per heavy atom. The van der Waals surface area contributed by atoms with E-state index in [0.29, 0.717) is 0 Å². The molecule has 0 unspecified atom stereocenters. The molecule has 0 aliphatic carbocycles. The van der Waals surface area contributed by atoms with E-state index in [1.165, 1.54) is 19.2 Å². The van der Waals surface area contributed by atoms with Crippen molar-refractivity contribution in [1.29, 1.82) is 0 Å². The number of nitro groups is 1. The lowest BCUT2D eigenvalue weighted by Gasteiger charge is -2.20. The minimum absolute atomic E-state index is 0.0325. The van der Waals surface area contributed by atoms with E-state index < -0.39 is 25.5 Å². The molecule has 0 aromatic heterocycles. The molecule has 0 amide bonds. The van der Waals surface area contributed by atoms with Gasteiger partial charge in [0.05, 0.1) is 15.6 Å². The number of benzene rings is 2. The maximum Gasteiger partial charge on any atom is 0.270 e. The van der Waals surface area contributed by atoms with Crippen LogP contribution in [0.15, 0.2) is 47.4 Å². The summed E-state index contributed by atoms with van der Waals surface area (Å²) in [6, 6.07) is 8.96. The molecule has 2 aromatic rings. The van der Waals surface area contributed by atoms with Crippen LogP contribution in [0, 0.1) is 10.1 Å². The summed E-state index contributed by atoms with van der Waals surface area (Å²) in [4.78, 5) is 9.68. The van der Waals surface area contributed by atoms with E-state index in [0.717, 1.165) is 22.5 Å². The van der Waals surface area contributed by atoms with E-state index >= 15 is 0 Å². The SMILES string of the molecule is CN(c1ccccc1O)S(=O)(=O)c1cc([N+](=O)[O-])ccc1Cl. The van der Waals surface area contributed by atoms with Gasteiger partial charge in [-0.25, -0.2) is 8.42 Å². The number of nitrogens with zero attached hydrogens (tertiary/aromatic N) is 2. The third kappa shape index (κ3) is 2.83. The van der Waals surface area contributed by atoms with Crippen molar-refractivity contribution in [3.63, 3.8) is 0 Å². The summed E-state index contributed by atoms with van der Waals surface area (Å²) in [5.74, 6) is -0.241. The fourth-order valence-electron chi connectivity index (χ4n) is 1.81. The molecule has 0 bridgehead atoms. The third-order valence-corrected chi connectivity index (χ3v) is 5.24. The lowest BCUT2D eigenvalue weighted by Crippen LogP contribution is -2.27. The van der Waals surface area contributed by atoms with Gasteiger partial charge < -0.3 is 5.11 Å². The summed E-state index contributed by atoms with van der Waals surface area (Å²) in [5, 5.41) is 20.4. The number of phenols is 1. The third-order valence-electron chi connectivity index (χ3n) is 2.99. The fraction of sp³-hybridized carbons (Fsp3) is 0.0769. The van der Waals surface area contributed by atoms with Gasteiger partial charge in [-0.2, -0.15) is 0 Å². The predicted molar refractivity (Wildman–Crippen MR) is 81.8 cm³/mol. The zero-order valence-electron chi connectivity index (χ0n) is 11.3. The Hall–Kier alpha value is -2.32. The number of aromatic hydroxyl groups is 1. The molecule has 0 fully saturated rings. The summed E-state index contributed by atoms with van der Waals surface area (Å²) >= 11 is 5.87. The number of nitro benzene ring substituents is 1. The van der Waals surface area contributed by atoms with Crippen molar-refractivity contribution in [3.05, 3.63) is 57.6 Å². The lowest BCUT2D eigenvalue weighted by atomic mass is 10.3. The van der Waals surface area contributed by atoms with Gasteiger partial charge in [0.15, 0.2) is 0 Å². The minimum Gasteiger partial charge on any atom is -0.506 e. The lowest BCUT2D eigenvalue weighted by molar-refractivity contribution is -0.385. The van der Waals surface area contributed by atoms with E-state index in [1.54, 1.807) is 12.1 Å². The Kier molecular flexibility index (Phi) is 4.25. The molecule has 7 nitrogen and oxygen atoms in total. The van der Waals surface area contributed by atoms with E-state index in [1.807, 2.05) is 0 Å². The van der Waals surface area contributed by atoms with Crippen molar-refractivity contribution in [3.8, 4) is 5.75 Å².